The Hall–Kier alpha value is -7.82. The number of benzene rings is 9. The highest BCUT2D eigenvalue weighted by Gasteiger charge is 2.51. The van der Waals surface area contributed by atoms with Crippen molar-refractivity contribution in [3.05, 3.63) is 229 Å². The highest BCUT2D eigenvalue weighted by atomic mass is 15.4. The van der Waals surface area contributed by atoms with Crippen molar-refractivity contribution in [2.75, 3.05) is 4.90 Å². The van der Waals surface area contributed by atoms with Gasteiger partial charge in [-0.05, 0) is 111 Å². The Bertz CT molecular complexity index is 3570. The highest BCUT2D eigenvalue weighted by Crippen LogP contribution is 2.56. The maximum Gasteiger partial charge on any atom is 0.367 e. The predicted molar refractivity (Wildman–Crippen MR) is 254 cm³/mol. The number of nitrogens with zero attached hydrogens (tertiary/aromatic N) is 4. The molecule has 10 aromatic rings. The van der Waals surface area contributed by atoms with Gasteiger partial charge in [-0.15, -0.1) is 0 Å². The molecule has 0 spiro atoms. The lowest BCUT2D eigenvalue weighted by Gasteiger charge is -2.39. The van der Waals surface area contributed by atoms with Crippen LogP contribution < -0.4 is 4.90 Å². The van der Waals surface area contributed by atoms with E-state index < -0.39 is 0 Å². The van der Waals surface area contributed by atoms with Crippen LogP contribution >= 0.6 is 0 Å². The van der Waals surface area contributed by atoms with Gasteiger partial charge in [0.2, 0.25) is 0 Å². The molecule has 4 heteroatoms. The van der Waals surface area contributed by atoms with Crippen molar-refractivity contribution < 1.29 is 4.58 Å². The van der Waals surface area contributed by atoms with E-state index in [2.05, 4.69) is 233 Å². The van der Waals surface area contributed by atoms with Crippen LogP contribution in [0.4, 0.5) is 17.1 Å². The molecular formula is C57H39N4+. The summed E-state index contributed by atoms with van der Waals surface area (Å²) < 4.78 is 4.77. The first-order chi connectivity index (χ1) is 30.1. The standard InChI is InChI=1S/C57H39N4/c1-57-47-24-10-9-18-39(47)30-32-53(57)60(49-26-12-11-25-48(49)57)50-27-14-28-51-54(50)46-35-42-20-7-8-21-43(42)36-52(46)61(51)56-58-55(44-23-13-22-40(33-44)37-15-3-2-4-16-37)59(56)45-31-29-38-17-5-6-19-41(38)34-45/h2-36,53H,1H3/q+1. The Balaban J connectivity index is 1.08. The highest BCUT2D eigenvalue weighted by molar-refractivity contribution is 6.24. The zero-order valence-corrected chi connectivity index (χ0v) is 33.6. The summed E-state index contributed by atoms with van der Waals surface area (Å²) in [6, 6.07) is 73.1. The van der Waals surface area contributed by atoms with Gasteiger partial charge in [0.1, 0.15) is 11.0 Å². The summed E-state index contributed by atoms with van der Waals surface area (Å²) in [7, 11) is 0. The normalized spacial score (nSPS) is 17.8. The molecule has 0 saturated heterocycles. The second kappa shape index (κ2) is 12.8. The van der Waals surface area contributed by atoms with Crippen molar-refractivity contribution in [3.63, 3.8) is 0 Å². The van der Waals surface area contributed by atoms with E-state index in [4.69, 9.17) is 4.99 Å². The molecule has 3 aliphatic rings. The summed E-state index contributed by atoms with van der Waals surface area (Å²) in [4.78, 5) is 8.16. The van der Waals surface area contributed by atoms with Crippen molar-refractivity contribution in [3.8, 4) is 11.1 Å². The fourth-order valence-electron chi connectivity index (χ4n) is 10.6. The molecule has 0 fully saturated rings. The van der Waals surface area contributed by atoms with E-state index in [1.165, 1.54) is 65.9 Å². The molecule has 2 atom stereocenters. The van der Waals surface area contributed by atoms with E-state index >= 15 is 0 Å². The average molecular weight is 780 g/mol. The largest absolute Gasteiger partial charge is 0.367 e. The van der Waals surface area contributed by atoms with Crippen LogP contribution in [0.2, 0.25) is 0 Å². The minimum absolute atomic E-state index is 0.0798. The minimum Gasteiger partial charge on any atom is -0.332 e. The molecule has 61 heavy (non-hydrogen) atoms. The average Bonchev–Trinajstić information content (AvgIpc) is 3.77. The first-order valence-electron chi connectivity index (χ1n) is 21.2. The Morgan fingerprint density at radius 3 is 2.02 bits per heavy atom. The van der Waals surface area contributed by atoms with Crippen LogP contribution in [0, 0.1) is 0 Å². The lowest BCUT2D eigenvalue weighted by atomic mass is 9.68. The lowest BCUT2D eigenvalue weighted by molar-refractivity contribution is -0.323. The molecule has 2 unspecified atom stereocenters. The number of aliphatic imine (C=N–C) groups is 1. The molecule has 0 saturated carbocycles. The zero-order valence-electron chi connectivity index (χ0n) is 33.6. The van der Waals surface area contributed by atoms with Gasteiger partial charge in [0, 0.05) is 27.4 Å². The van der Waals surface area contributed by atoms with Gasteiger partial charge in [0.15, 0.2) is 0 Å². The summed E-state index contributed by atoms with van der Waals surface area (Å²) in [5.41, 5.74) is 13.0. The van der Waals surface area contributed by atoms with Crippen molar-refractivity contribution in [1.29, 1.82) is 0 Å². The smallest absolute Gasteiger partial charge is 0.332 e. The van der Waals surface area contributed by atoms with Gasteiger partial charge in [-0.2, -0.15) is 4.58 Å². The van der Waals surface area contributed by atoms with E-state index in [-0.39, 0.29) is 11.5 Å². The molecule has 0 bridgehead atoms. The molecule has 0 radical (unpaired) electrons. The summed E-state index contributed by atoms with van der Waals surface area (Å²) in [6.45, 7) is 2.43. The number of aromatic nitrogens is 1. The predicted octanol–water partition coefficient (Wildman–Crippen LogP) is 13.6. The molecular weight excluding hydrogens is 741 g/mol. The molecule has 9 aromatic carbocycles. The van der Waals surface area contributed by atoms with E-state index in [1.807, 2.05) is 0 Å². The molecule has 13 rings (SSSR count). The Morgan fingerprint density at radius 1 is 0.508 bits per heavy atom. The third-order valence-corrected chi connectivity index (χ3v) is 13.5. The van der Waals surface area contributed by atoms with Crippen molar-refractivity contribution in [2.45, 2.75) is 18.4 Å². The molecule has 3 heterocycles. The number of amidine groups is 1. The molecule has 0 N–H and O–H groups in total. The fraction of sp³-hybridized carbons (Fsp3) is 0.0526. The van der Waals surface area contributed by atoms with Gasteiger partial charge >= 0.3 is 5.96 Å². The van der Waals surface area contributed by atoms with Crippen LogP contribution in [0.1, 0.15) is 29.2 Å². The van der Waals surface area contributed by atoms with Crippen molar-refractivity contribution in [2.24, 2.45) is 4.99 Å². The Kier molecular flexibility index (Phi) is 7.17. The van der Waals surface area contributed by atoms with E-state index in [0.29, 0.717) is 0 Å². The third kappa shape index (κ3) is 4.87. The summed E-state index contributed by atoms with van der Waals surface area (Å²) in [5, 5.41) is 7.24. The fourth-order valence-corrected chi connectivity index (χ4v) is 10.6. The number of para-hydroxylation sites is 1. The monoisotopic (exact) mass is 779 g/mol. The Morgan fingerprint density at radius 2 is 1.16 bits per heavy atom. The van der Waals surface area contributed by atoms with Crippen LogP contribution in [0.3, 0.4) is 0 Å². The van der Waals surface area contributed by atoms with E-state index in [9.17, 15) is 0 Å². The van der Waals surface area contributed by atoms with Gasteiger partial charge in [-0.3, -0.25) is 0 Å². The Labute approximate surface area is 353 Å². The van der Waals surface area contributed by atoms with Gasteiger partial charge in [0.25, 0.3) is 5.84 Å². The lowest BCUT2D eigenvalue weighted by Crippen LogP contribution is -2.42. The zero-order chi connectivity index (χ0) is 40.2. The second-order valence-corrected chi connectivity index (χ2v) is 16.8. The first kappa shape index (κ1) is 34.1. The van der Waals surface area contributed by atoms with E-state index in [1.54, 1.807) is 0 Å². The van der Waals surface area contributed by atoms with Crippen LogP contribution in [0.5, 0.6) is 0 Å². The maximum atomic E-state index is 5.55. The van der Waals surface area contributed by atoms with Gasteiger partial charge < -0.3 is 4.90 Å². The van der Waals surface area contributed by atoms with Crippen molar-refractivity contribution >= 4 is 78.3 Å². The number of rotatable bonds is 4. The van der Waals surface area contributed by atoms with Gasteiger partial charge in [-0.1, -0.05) is 163 Å². The van der Waals surface area contributed by atoms with Crippen molar-refractivity contribution in [1.82, 2.24) is 4.57 Å². The molecule has 286 valence electrons. The summed E-state index contributed by atoms with van der Waals surface area (Å²) in [5.74, 6) is 1.80. The van der Waals surface area contributed by atoms with Gasteiger partial charge in [-0.25, -0.2) is 4.57 Å². The molecule has 0 amide bonds. The van der Waals surface area contributed by atoms with Gasteiger partial charge in [0.05, 0.1) is 17.4 Å². The number of hydrogen-bond acceptors (Lipinski definition) is 2. The maximum absolute atomic E-state index is 5.55. The van der Waals surface area contributed by atoms with Crippen LogP contribution in [0.25, 0.3) is 60.6 Å². The summed E-state index contributed by atoms with van der Waals surface area (Å²) in [6.07, 6.45) is 4.75. The molecule has 4 nitrogen and oxygen atoms in total. The third-order valence-electron chi connectivity index (χ3n) is 13.5. The van der Waals surface area contributed by atoms with Crippen LogP contribution in [-0.2, 0) is 5.41 Å². The molecule has 1 aromatic heterocycles. The SMILES string of the molecule is CC12c3ccccc3C=CC1N(c1cccc3c1c1cc4ccccc4cc1n3C1=[N+](c3ccc4ccccc4c3)C(c3cccc(-c4ccccc4)c3)=N1)c1ccccc12. The molecule has 1 aliphatic carbocycles. The number of fused-ring (bicyclic) bond motifs is 10. The second-order valence-electron chi connectivity index (χ2n) is 16.8. The van der Waals surface area contributed by atoms with Crippen LogP contribution in [0.15, 0.2) is 211 Å². The quantitative estimate of drug-likeness (QED) is 0.163. The van der Waals surface area contributed by atoms with Crippen LogP contribution in [-0.4, -0.2) is 27.0 Å². The number of anilines is 2. The van der Waals surface area contributed by atoms with E-state index in [0.717, 1.165) is 39.6 Å². The first-order valence-corrected chi connectivity index (χ1v) is 21.2. The topological polar surface area (TPSA) is 23.5 Å². The minimum atomic E-state index is -0.238. The molecule has 2 aliphatic heterocycles. The summed E-state index contributed by atoms with van der Waals surface area (Å²) >= 11 is 0. The number of hydrogen-bond donors (Lipinski definition) is 0.